The molecule has 0 aliphatic carbocycles. The van der Waals surface area contributed by atoms with Crippen molar-refractivity contribution in [1.29, 1.82) is 0 Å². The normalized spacial score (nSPS) is 11.8. The van der Waals surface area contributed by atoms with Gasteiger partial charge in [-0.05, 0) is 49.1 Å². The van der Waals surface area contributed by atoms with Crippen molar-refractivity contribution in [3.05, 3.63) is 64.7 Å². The van der Waals surface area contributed by atoms with Crippen molar-refractivity contribution >= 4 is 23.4 Å². The fourth-order valence-corrected chi connectivity index (χ4v) is 3.12. The first-order chi connectivity index (χ1) is 14.3. The van der Waals surface area contributed by atoms with Crippen LogP contribution in [0.25, 0.3) is 0 Å². The van der Waals surface area contributed by atoms with E-state index >= 15 is 0 Å². The zero-order chi connectivity index (χ0) is 22.1. The number of carbonyl (C=O) groups excluding carboxylic acids is 2. The Morgan fingerprint density at radius 3 is 2.27 bits per heavy atom. The van der Waals surface area contributed by atoms with Gasteiger partial charge in [0.05, 0.1) is 0 Å². The standard InChI is InChI=1S/C24H31ClN2O3/c1-5-22(24(29)26-14-17(2)3)27(15-19-8-6-18(4)7-9-19)23(28)16-30-21-12-10-20(25)11-13-21/h6-13,17,22H,5,14-16H2,1-4H3,(H,26,29)/t22-/m0/s1. The van der Waals surface area contributed by atoms with Crippen LogP contribution in [0.15, 0.2) is 48.5 Å². The number of nitrogens with zero attached hydrogens (tertiary/aromatic N) is 1. The third-order valence-electron chi connectivity index (χ3n) is 4.72. The minimum Gasteiger partial charge on any atom is -0.484 e. The average molecular weight is 431 g/mol. The van der Waals surface area contributed by atoms with Crippen LogP contribution in [0.4, 0.5) is 0 Å². The molecule has 0 saturated heterocycles. The minimum absolute atomic E-state index is 0.141. The molecule has 30 heavy (non-hydrogen) atoms. The Hall–Kier alpha value is -2.53. The summed E-state index contributed by atoms with van der Waals surface area (Å²) in [7, 11) is 0. The maximum atomic E-state index is 13.1. The van der Waals surface area contributed by atoms with Crippen molar-refractivity contribution in [2.75, 3.05) is 13.2 Å². The predicted molar refractivity (Wildman–Crippen MR) is 121 cm³/mol. The fourth-order valence-electron chi connectivity index (χ4n) is 2.99. The lowest BCUT2D eigenvalue weighted by Crippen LogP contribution is -2.50. The van der Waals surface area contributed by atoms with Crippen LogP contribution >= 0.6 is 11.6 Å². The molecule has 0 fully saturated rings. The highest BCUT2D eigenvalue weighted by atomic mass is 35.5. The Morgan fingerprint density at radius 2 is 1.70 bits per heavy atom. The van der Waals surface area contributed by atoms with Crippen molar-refractivity contribution in [2.45, 2.75) is 46.7 Å². The van der Waals surface area contributed by atoms with Crippen LogP contribution in [-0.2, 0) is 16.1 Å². The Bertz CT molecular complexity index is 819. The third kappa shape index (κ3) is 7.38. The molecule has 0 aliphatic rings. The van der Waals surface area contributed by atoms with Gasteiger partial charge in [0.2, 0.25) is 5.91 Å². The topological polar surface area (TPSA) is 58.6 Å². The smallest absolute Gasteiger partial charge is 0.261 e. The molecule has 0 bridgehead atoms. The van der Waals surface area contributed by atoms with E-state index in [1.54, 1.807) is 29.2 Å². The van der Waals surface area contributed by atoms with Crippen LogP contribution in [0, 0.1) is 12.8 Å². The monoisotopic (exact) mass is 430 g/mol. The van der Waals surface area contributed by atoms with Crippen LogP contribution in [0.2, 0.25) is 5.02 Å². The summed E-state index contributed by atoms with van der Waals surface area (Å²) in [5, 5.41) is 3.55. The maximum absolute atomic E-state index is 13.1. The number of amides is 2. The van der Waals surface area contributed by atoms with E-state index in [1.165, 1.54) is 0 Å². The lowest BCUT2D eigenvalue weighted by atomic mass is 10.1. The van der Waals surface area contributed by atoms with E-state index in [0.29, 0.717) is 36.2 Å². The number of carbonyl (C=O) groups is 2. The van der Waals surface area contributed by atoms with Crippen molar-refractivity contribution in [3.8, 4) is 5.75 Å². The Morgan fingerprint density at radius 1 is 1.07 bits per heavy atom. The summed E-state index contributed by atoms with van der Waals surface area (Å²) in [6.07, 6.45) is 0.516. The van der Waals surface area contributed by atoms with E-state index in [-0.39, 0.29) is 18.4 Å². The van der Waals surface area contributed by atoms with Gasteiger partial charge in [0.15, 0.2) is 6.61 Å². The van der Waals surface area contributed by atoms with Gasteiger partial charge < -0.3 is 15.0 Å². The van der Waals surface area contributed by atoms with Gasteiger partial charge >= 0.3 is 0 Å². The molecule has 1 N–H and O–H groups in total. The summed E-state index contributed by atoms with van der Waals surface area (Å²) in [5.41, 5.74) is 2.11. The summed E-state index contributed by atoms with van der Waals surface area (Å²) in [4.78, 5) is 27.5. The van der Waals surface area contributed by atoms with Gasteiger partial charge in [0.25, 0.3) is 5.91 Å². The van der Waals surface area contributed by atoms with Gasteiger partial charge in [0.1, 0.15) is 11.8 Å². The minimum atomic E-state index is -0.564. The number of rotatable bonds is 10. The average Bonchev–Trinajstić information content (AvgIpc) is 2.72. The molecule has 0 aromatic heterocycles. The number of hydrogen-bond acceptors (Lipinski definition) is 3. The second-order valence-electron chi connectivity index (χ2n) is 7.81. The largest absolute Gasteiger partial charge is 0.484 e. The van der Waals surface area contributed by atoms with Crippen LogP contribution < -0.4 is 10.1 Å². The summed E-state index contributed by atoms with van der Waals surface area (Å²) in [5.74, 6) is 0.511. The van der Waals surface area contributed by atoms with Crippen molar-refractivity contribution in [2.24, 2.45) is 5.92 Å². The molecule has 162 valence electrons. The van der Waals surface area contributed by atoms with Crippen LogP contribution in [0.1, 0.15) is 38.3 Å². The van der Waals surface area contributed by atoms with E-state index in [0.717, 1.165) is 11.1 Å². The molecule has 0 unspecified atom stereocenters. The molecule has 5 nitrogen and oxygen atoms in total. The molecule has 6 heteroatoms. The molecule has 2 amide bonds. The van der Waals surface area contributed by atoms with E-state index in [9.17, 15) is 9.59 Å². The van der Waals surface area contributed by atoms with Gasteiger partial charge in [-0.3, -0.25) is 9.59 Å². The fraction of sp³-hybridized carbons (Fsp3) is 0.417. The quantitative estimate of drug-likeness (QED) is 0.598. The Balaban J connectivity index is 2.17. The molecule has 0 aliphatic heterocycles. The van der Waals surface area contributed by atoms with Gasteiger partial charge in [-0.15, -0.1) is 0 Å². The first-order valence-corrected chi connectivity index (χ1v) is 10.7. The number of benzene rings is 2. The Labute approximate surface area is 184 Å². The van der Waals surface area contributed by atoms with Crippen LogP contribution in [0.3, 0.4) is 0 Å². The maximum Gasteiger partial charge on any atom is 0.261 e. The summed E-state index contributed by atoms with van der Waals surface area (Å²) in [6.45, 7) is 8.77. The van der Waals surface area contributed by atoms with E-state index in [2.05, 4.69) is 5.32 Å². The molecule has 0 saturated carbocycles. The summed E-state index contributed by atoms with van der Waals surface area (Å²) >= 11 is 5.90. The lowest BCUT2D eigenvalue weighted by molar-refractivity contribution is -0.143. The number of ether oxygens (including phenoxy) is 1. The third-order valence-corrected chi connectivity index (χ3v) is 4.97. The van der Waals surface area contributed by atoms with Gasteiger partial charge in [-0.25, -0.2) is 0 Å². The van der Waals surface area contributed by atoms with Gasteiger partial charge in [0, 0.05) is 18.1 Å². The highest BCUT2D eigenvalue weighted by Gasteiger charge is 2.29. The van der Waals surface area contributed by atoms with E-state index < -0.39 is 6.04 Å². The molecule has 0 spiro atoms. The second-order valence-corrected chi connectivity index (χ2v) is 8.25. The van der Waals surface area contributed by atoms with Gasteiger partial charge in [-0.2, -0.15) is 0 Å². The summed E-state index contributed by atoms with van der Waals surface area (Å²) in [6, 6.07) is 14.2. The summed E-state index contributed by atoms with van der Waals surface area (Å²) < 4.78 is 5.65. The van der Waals surface area contributed by atoms with Crippen molar-refractivity contribution < 1.29 is 14.3 Å². The van der Waals surface area contributed by atoms with Crippen LogP contribution in [0.5, 0.6) is 5.75 Å². The molecular formula is C24H31ClN2O3. The molecule has 2 aromatic rings. The molecule has 2 rings (SSSR count). The van der Waals surface area contributed by atoms with Crippen molar-refractivity contribution in [1.82, 2.24) is 10.2 Å². The number of halogens is 1. The SMILES string of the molecule is CC[C@@H](C(=O)NCC(C)C)N(Cc1ccc(C)cc1)C(=O)COc1ccc(Cl)cc1. The predicted octanol–water partition coefficient (Wildman–Crippen LogP) is 4.61. The highest BCUT2D eigenvalue weighted by molar-refractivity contribution is 6.30. The zero-order valence-corrected chi connectivity index (χ0v) is 18.9. The molecule has 1 atom stereocenters. The molecular weight excluding hydrogens is 400 g/mol. The van der Waals surface area contributed by atoms with Crippen LogP contribution in [-0.4, -0.2) is 35.9 Å². The second kappa shape index (κ2) is 11.6. The van der Waals surface area contributed by atoms with E-state index in [4.69, 9.17) is 16.3 Å². The van der Waals surface area contributed by atoms with E-state index in [1.807, 2.05) is 52.0 Å². The van der Waals surface area contributed by atoms with Gasteiger partial charge in [-0.1, -0.05) is 62.2 Å². The first kappa shape index (κ1) is 23.7. The Kier molecular flexibility index (Phi) is 9.18. The lowest BCUT2D eigenvalue weighted by Gasteiger charge is -2.31. The number of hydrogen-bond donors (Lipinski definition) is 1. The highest BCUT2D eigenvalue weighted by Crippen LogP contribution is 2.17. The molecule has 2 aromatic carbocycles. The van der Waals surface area contributed by atoms with Crippen molar-refractivity contribution in [3.63, 3.8) is 0 Å². The molecule has 0 radical (unpaired) electrons. The number of aryl methyl sites for hydroxylation is 1. The number of nitrogens with one attached hydrogen (secondary N) is 1. The zero-order valence-electron chi connectivity index (χ0n) is 18.2. The molecule has 0 heterocycles. The first-order valence-electron chi connectivity index (χ1n) is 10.3.